The van der Waals surface area contributed by atoms with Crippen molar-refractivity contribution in [3.05, 3.63) is 53.1 Å². The molecule has 0 amide bonds. The van der Waals surface area contributed by atoms with E-state index in [-0.39, 0.29) is 24.0 Å². The van der Waals surface area contributed by atoms with Gasteiger partial charge in [-0.25, -0.2) is 4.99 Å². The minimum Gasteiger partial charge on any atom is -0.493 e. The zero-order valence-electron chi connectivity index (χ0n) is 18.2. The first-order valence-electron chi connectivity index (χ1n) is 9.48. The van der Waals surface area contributed by atoms with Crippen LogP contribution < -0.4 is 25.0 Å². The number of nitrogens with one attached hydrogen (secondary N) is 2. The van der Waals surface area contributed by atoms with E-state index in [4.69, 9.17) is 14.5 Å². The summed E-state index contributed by atoms with van der Waals surface area (Å²) < 4.78 is 10.7. The van der Waals surface area contributed by atoms with E-state index in [1.807, 2.05) is 18.2 Å². The van der Waals surface area contributed by atoms with Crippen molar-refractivity contribution in [2.75, 3.05) is 39.8 Å². The minimum atomic E-state index is 0. The lowest BCUT2D eigenvalue weighted by atomic mass is 10.1. The number of halogens is 1. The summed E-state index contributed by atoms with van der Waals surface area (Å²) in [5, 5.41) is 6.72. The number of benzene rings is 2. The topological polar surface area (TPSA) is 58.1 Å². The standard InChI is InChI=1S/C22H32N4O2.HI/c1-7-23-22(24-14-17-8-11-20(27-5)21(13-17)28-6)25-15-18-9-10-19(26(3)4)12-16(18)2;/h8-13H,7,14-15H2,1-6H3,(H2,23,24,25);1H. The lowest BCUT2D eigenvalue weighted by molar-refractivity contribution is 0.354. The quantitative estimate of drug-likeness (QED) is 0.319. The molecule has 0 saturated heterocycles. The smallest absolute Gasteiger partial charge is 0.191 e. The van der Waals surface area contributed by atoms with Gasteiger partial charge in [0.25, 0.3) is 0 Å². The summed E-state index contributed by atoms with van der Waals surface area (Å²) in [6, 6.07) is 12.4. The highest BCUT2D eigenvalue weighted by atomic mass is 127. The molecule has 0 heterocycles. The fraction of sp³-hybridized carbons (Fsp3) is 0.409. The van der Waals surface area contributed by atoms with Crippen LogP contribution >= 0.6 is 24.0 Å². The predicted octanol–water partition coefficient (Wildman–Crippen LogP) is 3.95. The number of ether oxygens (including phenoxy) is 2. The molecule has 0 radical (unpaired) electrons. The zero-order valence-corrected chi connectivity index (χ0v) is 20.5. The summed E-state index contributed by atoms with van der Waals surface area (Å²) in [6.07, 6.45) is 0. The highest BCUT2D eigenvalue weighted by molar-refractivity contribution is 14.0. The van der Waals surface area contributed by atoms with Gasteiger partial charge in [0.05, 0.1) is 20.8 Å². The molecule has 0 aliphatic heterocycles. The summed E-state index contributed by atoms with van der Waals surface area (Å²) >= 11 is 0. The molecular formula is C22H33IN4O2. The van der Waals surface area contributed by atoms with Gasteiger partial charge in [0.15, 0.2) is 17.5 Å². The van der Waals surface area contributed by atoms with Crippen LogP contribution in [0.4, 0.5) is 5.69 Å². The van der Waals surface area contributed by atoms with Crippen molar-refractivity contribution in [1.82, 2.24) is 10.6 Å². The average Bonchev–Trinajstić information content (AvgIpc) is 2.70. The summed E-state index contributed by atoms with van der Waals surface area (Å²) in [5.41, 5.74) is 4.77. The molecule has 0 spiro atoms. The largest absolute Gasteiger partial charge is 0.493 e. The third kappa shape index (κ3) is 7.30. The van der Waals surface area contributed by atoms with Crippen LogP contribution in [-0.4, -0.2) is 40.8 Å². The average molecular weight is 512 g/mol. The fourth-order valence-corrected chi connectivity index (χ4v) is 2.83. The van der Waals surface area contributed by atoms with E-state index in [1.54, 1.807) is 14.2 Å². The summed E-state index contributed by atoms with van der Waals surface area (Å²) in [4.78, 5) is 6.80. The Bertz CT molecular complexity index is 809. The van der Waals surface area contributed by atoms with Gasteiger partial charge >= 0.3 is 0 Å². The van der Waals surface area contributed by atoms with Gasteiger partial charge in [-0.05, 0) is 54.8 Å². The maximum absolute atomic E-state index is 5.37. The van der Waals surface area contributed by atoms with Crippen LogP contribution in [0.5, 0.6) is 11.5 Å². The van der Waals surface area contributed by atoms with Crippen LogP contribution in [-0.2, 0) is 13.1 Å². The number of aryl methyl sites for hydroxylation is 1. The van der Waals surface area contributed by atoms with Crippen LogP contribution in [0.3, 0.4) is 0 Å². The van der Waals surface area contributed by atoms with Crippen molar-refractivity contribution in [3.8, 4) is 11.5 Å². The van der Waals surface area contributed by atoms with Crippen LogP contribution in [0.2, 0.25) is 0 Å². The van der Waals surface area contributed by atoms with Gasteiger partial charge in [0, 0.05) is 32.9 Å². The summed E-state index contributed by atoms with van der Waals surface area (Å²) in [7, 11) is 7.38. The number of guanidine groups is 1. The number of nitrogens with zero attached hydrogens (tertiary/aromatic N) is 2. The molecule has 0 aromatic heterocycles. The number of rotatable bonds is 8. The lowest BCUT2D eigenvalue weighted by Crippen LogP contribution is -2.37. The molecule has 2 rings (SSSR count). The van der Waals surface area contributed by atoms with Gasteiger partial charge in [-0.2, -0.15) is 0 Å². The fourth-order valence-electron chi connectivity index (χ4n) is 2.83. The monoisotopic (exact) mass is 512 g/mol. The molecule has 0 fully saturated rings. The van der Waals surface area contributed by atoms with Gasteiger partial charge in [-0.3, -0.25) is 0 Å². The Balaban J connectivity index is 0.00000420. The van der Waals surface area contributed by atoms with E-state index >= 15 is 0 Å². The Morgan fingerprint density at radius 1 is 1.00 bits per heavy atom. The number of hydrogen-bond donors (Lipinski definition) is 2. The Hall–Kier alpha value is -2.16. The van der Waals surface area contributed by atoms with Crippen LogP contribution in [0.15, 0.2) is 41.4 Å². The molecule has 0 bridgehead atoms. The molecule has 2 aromatic carbocycles. The second kappa shape index (κ2) is 12.4. The first-order valence-corrected chi connectivity index (χ1v) is 9.48. The molecule has 7 heteroatoms. The number of methoxy groups -OCH3 is 2. The van der Waals surface area contributed by atoms with Crippen molar-refractivity contribution in [1.29, 1.82) is 0 Å². The SMILES string of the molecule is CCNC(=NCc1ccc(OC)c(OC)c1)NCc1ccc(N(C)C)cc1C.I. The van der Waals surface area contributed by atoms with E-state index in [0.717, 1.165) is 30.4 Å². The molecule has 160 valence electrons. The Labute approximate surface area is 191 Å². The van der Waals surface area contributed by atoms with Crippen LogP contribution in [0.1, 0.15) is 23.6 Å². The van der Waals surface area contributed by atoms with E-state index in [2.05, 4.69) is 61.7 Å². The Kier molecular flexibility index (Phi) is 10.6. The molecule has 2 aromatic rings. The highest BCUT2D eigenvalue weighted by Gasteiger charge is 2.06. The minimum absolute atomic E-state index is 0. The number of anilines is 1. The maximum atomic E-state index is 5.37. The van der Waals surface area contributed by atoms with Crippen LogP contribution in [0, 0.1) is 6.92 Å². The molecule has 0 aliphatic carbocycles. The molecule has 2 N–H and O–H groups in total. The third-order valence-corrected chi connectivity index (χ3v) is 4.50. The maximum Gasteiger partial charge on any atom is 0.191 e. The van der Waals surface area contributed by atoms with Gasteiger partial charge in [-0.1, -0.05) is 12.1 Å². The van der Waals surface area contributed by atoms with E-state index in [1.165, 1.54) is 16.8 Å². The van der Waals surface area contributed by atoms with Crippen molar-refractivity contribution < 1.29 is 9.47 Å². The first-order chi connectivity index (χ1) is 13.5. The first kappa shape index (κ1) is 24.9. The molecule has 6 nitrogen and oxygen atoms in total. The normalized spacial score (nSPS) is 10.8. The molecule has 0 saturated carbocycles. The Morgan fingerprint density at radius 3 is 2.31 bits per heavy atom. The van der Waals surface area contributed by atoms with Gasteiger partial charge in [0.1, 0.15) is 0 Å². The number of hydrogen-bond acceptors (Lipinski definition) is 4. The van der Waals surface area contributed by atoms with Crippen LogP contribution in [0.25, 0.3) is 0 Å². The molecule has 0 aliphatic rings. The second-order valence-corrected chi connectivity index (χ2v) is 6.74. The highest BCUT2D eigenvalue weighted by Crippen LogP contribution is 2.27. The number of aliphatic imine (C=N–C) groups is 1. The second-order valence-electron chi connectivity index (χ2n) is 6.74. The van der Waals surface area contributed by atoms with Crippen molar-refractivity contribution in [3.63, 3.8) is 0 Å². The summed E-state index contributed by atoms with van der Waals surface area (Å²) in [5.74, 6) is 2.22. The van der Waals surface area contributed by atoms with Gasteiger partial charge in [-0.15, -0.1) is 24.0 Å². The Morgan fingerprint density at radius 2 is 1.72 bits per heavy atom. The lowest BCUT2D eigenvalue weighted by Gasteiger charge is -2.16. The third-order valence-electron chi connectivity index (χ3n) is 4.50. The molecular weight excluding hydrogens is 479 g/mol. The zero-order chi connectivity index (χ0) is 20.5. The summed E-state index contributed by atoms with van der Waals surface area (Å²) in [6.45, 7) is 6.27. The van der Waals surface area contributed by atoms with Crippen molar-refractivity contribution >= 4 is 35.6 Å². The van der Waals surface area contributed by atoms with E-state index in [9.17, 15) is 0 Å². The molecule has 0 atom stereocenters. The van der Waals surface area contributed by atoms with Crippen molar-refractivity contribution in [2.45, 2.75) is 26.9 Å². The van der Waals surface area contributed by atoms with Crippen molar-refractivity contribution in [2.24, 2.45) is 4.99 Å². The predicted molar refractivity (Wildman–Crippen MR) is 132 cm³/mol. The van der Waals surface area contributed by atoms with E-state index in [0.29, 0.717) is 12.3 Å². The van der Waals surface area contributed by atoms with E-state index < -0.39 is 0 Å². The van der Waals surface area contributed by atoms with Gasteiger partial charge in [0.2, 0.25) is 0 Å². The molecule has 0 unspecified atom stereocenters. The van der Waals surface area contributed by atoms with Gasteiger partial charge < -0.3 is 25.0 Å². The molecule has 29 heavy (non-hydrogen) atoms.